The minimum absolute atomic E-state index is 0.301. The number of benzene rings is 2. The van der Waals surface area contributed by atoms with E-state index in [1.54, 1.807) is 7.11 Å². The highest BCUT2D eigenvalue weighted by Gasteiger charge is 2.05. The van der Waals surface area contributed by atoms with Gasteiger partial charge in [-0.05, 0) is 37.1 Å². The smallest absolute Gasteiger partial charge is 0.119 e. The normalized spacial score (nSPS) is 12.2. The van der Waals surface area contributed by atoms with Gasteiger partial charge in [-0.1, -0.05) is 42.0 Å². The van der Waals surface area contributed by atoms with Crippen molar-refractivity contribution in [2.45, 2.75) is 26.4 Å². The van der Waals surface area contributed by atoms with Crippen molar-refractivity contribution in [3.8, 4) is 5.75 Å². The number of hydrogen-bond acceptors (Lipinski definition) is 2. The molecule has 2 rings (SSSR count). The van der Waals surface area contributed by atoms with E-state index < -0.39 is 0 Å². The zero-order chi connectivity index (χ0) is 13.7. The van der Waals surface area contributed by atoms with Gasteiger partial charge in [0.15, 0.2) is 0 Å². The number of ether oxygens (including phenoxy) is 1. The molecule has 0 heterocycles. The van der Waals surface area contributed by atoms with E-state index in [-0.39, 0.29) is 0 Å². The molecule has 2 aromatic rings. The van der Waals surface area contributed by atoms with E-state index in [4.69, 9.17) is 4.74 Å². The lowest BCUT2D eigenvalue weighted by atomic mass is 10.1. The van der Waals surface area contributed by atoms with Crippen LogP contribution in [0.1, 0.15) is 29.7 Å². The third-order valence-corrected chi connectivity index (χ3v) is 3.29. The van der Waals surface area contributed by atoms with Gasteiger partial charge in [-0.15, -0.1) is 0 Å². The molecule has 0 saturated carbocycles. The molecule has 2 nitrogen and oxygen atoms in total. The fraction of sp³-hybridized carbons (Fsp3) is 0.294. The molecule has 0 aromatic heterocycles. The highest BCUT2D eigenvalue weighted by atomic mass is 16.5. The number of rotatable bonds is 5. The van der Waals surface area contributed by atoms with Crippen LogP contribution in [-0.2, 0) is 6.54 Å². The summed E-state index contributed by atoms with van der Waals surface area (Å²) >= 11 is 0. The predicted molar refractivity (Wildman–Crippen MR) is 79.4 cm³/mol. The number of aryl methyl sites for hydroxylation is 1. The van der Waals surface area contributed by atoms with E-state index in [2.05, 4.69) is 55.6 Å². The molecule has 2 aromatic carbocycles. The molecule has 1 N–H and O–H groups in total. The molecular formula is C17H21NO. The van der Waals surface area contributed by atoms with Crippen LogP contribution < -0.4 is 10.1 Å². The van der Waals surface area contributed by atoms with Gasteiger partial charge in [0.05, 0.1) is 7.11 Å². The first-order chi connectivity index (χ1) is 9.19. The molecule has 100 valence electrons. The van der Waals surface area contributed by atoms with Crippen LogP contribution in [-0.4, -0.2) is 7.11 Å². The highest BCUT2D eigenvalue weighted by Crippen LogP contribution is 2.19. The van der Waals surface area contributed by atoms with Crippen LogP contribution in [0.2, 0.25) is 0 Å². The summed E-state index contributed by atoms with van der Waals surface area (Å²) in [6.07, 6.45) is 0. The maximum atomic E-state index is 5.26. The molecule has 0 aliphatic rings. The van der Waals surface area contributed by atoms with Gasteiger partial charge in [-0.3, -0.25) is 0 Å². The minimum Gasteiger partial charge on any atom is -0.497 e. The maximum absolute atomic E-state index is 5.26. The average molecular weight is 255 g/mol. The molecule has 0 fully saturated rings. The van der Waals surface area contributed by atoms with E-state index in [0.29, 0.717) is 6.04 Å². The Morgan fingerprint density at radius 3 is 2.63 bits per heavy atom. The second-order valence-electron chi connectivity index (χ2n) is 4.87. The van der Waals surface area contributed by atoms with Crippen LogP contribution >= 0.6 is 0 Å². The van der Waals surface area contributed by atoms with Crippen molar-refractivity contribution < 1.29 is 4.74 Å². The van der Waals surface area contributed by atoms with Crippen LogP contribution in [0, 0.1) is 6.92 Å². The molecule has 0 bridgehead atoms. The van der Waals surface area contributed by atoms with Gasteiger partial charge in [0.2, 0.25) is 0 Å². The first kappa shape index (κ1) is 13.6. The van der Waals surface area contributed by atoms with E-state index >= 15 is 0 Å². The van der Waals surface area contributed by atoms with Crippen molar-refractivity contribution in [1.82, 2.24) is 5.32 Å². The highest BCUT2D eigenvalue weighted by molar-refractivity contribution is 5.30. The summed E-state index contributed by atoms with van der Waals surface area (Å²) < 4.78 is 5.26. The standard InChI is InChI=1S/C17H21NO/c1-13-6-4-7-15(10-13)12-18-14(2)16-8-5-9-17(11-16)19-3/h4-11,14,18H,12H2,1-3H3. The summed E-state index contributed by atoms with van der Waals surface area (Å²) in [7, 11) is 1.70. The van der Waals surface area contributed by atoms with E-state index in [0.717, 1.165) is 12.3 Å². The van der Waals surface area contributed by atoms with Crippen LogP contribution in [0.5, 0.6) is 5.75 Å². The summed E-state index contributed by atoms with van der Waals surface area (Å²) in [5.74, 6) is 0.904. The Bertz CT molecular complexity index is 536. The Morgan fingerprint density at radius 2 is 1.89 bits per heavy atom. The zero-order valence-corrected chi connectivity index (χ0v) is 11.8. The molecule has 19 heavy (non-hydrogen) atoms. The molecule has 1 atom stereocenters. The molecule has 1 unspecified atom stereocenters. The second-order valence-corrected chi connectivity index (χ2v) is 4.87. The summed E-state index contributed by atoms with van der Waals surface area (Å²) in [5.41, 5.74) is 3.86. The summed E-state index contributed by atoms with van der Waals surface area (Å²) in [4.78, 5) is 0. The average Bonchev–Trinajstić information content (AvgIpc) is 2.45. The topological polar surface area (TPSA) is 21.3 Å². The largest absolute Gasteiger partial charge is 0.497 e. The van der Waals surface area contributed by atoms with Crippen molar-refractivity contribution >= 4 is 0 Å². The fourth-order valence-electron chi connectivity index (χ4n) is 2.12. The molecule has 0 amide bonds. The van der Waals surface area contributed by atoms with Gasteiger partial charge in [0, 0.05) is 12.6 Å². The van der Waals surface area contributed by atoms with Crippen LogP contribution in [0.15, 0.2) is 48.5 Å². The molecule has 2 heteroatoms. The van der Waals surface area contributed by atoms with E-state index in [9.17, 15) is 0 Å². The summed E-state index contributed by atoms with van der Waals surface area (Å²) in [5, 5.41) is 3.54. The Kier molecular flexibility index (Phi) is 4.58. The van der Waals surface area contributed by atoms with Gasteiger partial charge in [-0.25, -0.2) is 0 Å². The molecule has 0 aliphatic heterocycles. The summed E-state index contributed by atoms with van der Waals surface area (Å²) in [6.45, 7) is 5.17. The van der Waals surface area contributed by atoms with Crippen LogP contribution in [0.3, 0.4) is 0 Å². The third kappa shape index (κ3) is 3.83. The van der Waals surface area contributed by atoms with Crippen molar-refractivity contribution in [3.05, 3.63) is 65.2 Å². The lowest BCUT2D eigenvalue weighted by Crippen LogP contribution is -2.18. The predicted octanol–water partition coefficient (Wildman–Crippen LogP) is 3.85. The lowest BCUT2D eigenvalue weighted by molar-refractivity contribution is 0.413. The Morgan fingerprint density at radius 1 is 1.11 bits per heavy atom. The van der Waals surface area contributed by atoms with Gasteiger partial charge < -0.3 is 10.1 Å². The minimum atomic E-state index is 0.301. The van der Waals surface area contributed by atoms with E-state index in [1.807, 2.05) is 12.1 Å². The van der Waals surface area contributed by atoms with Gasteiger partial charge >= 0.3 is 0 Å². The SMILES string of the molecule is COc1cccc(C(C)NCc2cccc(C)c2)c1. The molecular weight excluding hydrogens is 234 g/mol. The Balaban J connectivity index is 1.99. The maximum Gasteiger partial charge on any atom is 0.119 e. The monoisotopic (exact) mass is 255 g/mol. The summed E-state index contributed by atoms with van der Waals surface area (Å²) in [6, 6.07) is 17.1. The molecule has 0 saturated heterocycles. The van der Waals surface area contributed by atoms with Crippen molar-refractivity contribution in [3.63, 3.8) is 0 Å². The zero-order valence-electron chi connectivity index (χ0n) is 11.8. The number of hydrogen-bond donors (Lipinski definition) is 1. The fourth-order valence-corrected chi connectivity index (χ4v) is 2.12. The second kappa shape index (κ2) is 6.39. The number of nitrogens with one attached hydrogen (secondary N) is 1. The molecule has 0 radical (unpaired) electrons. The van der Waals surface area contributed by atoms with Crippen molar-refractivity contribution in [1.29, 1.82) is 0 Å². The quantitative estimate of drug-likeness (QED) is 0.876. The van der Waals surface area contributed by atoms with Crippen LogP contribution in [0.25, 0.3) is 0 Å². The Labute approximate surface area is 115 Å². The van der Waals surface area contributed by atoms with Gasteiger partial charge in [-0.2, -0.15) is 0 Å². The van der Waals surface area contributed by atoms with Gasteiger partial charge in [0.1, 0.15) is 5.75 Å². The van der Waals surface area contributed by atoms with Crippen molar-refractivity contribution in [2.24, 2.45) is 0 Å². The first-order valence-corrected chi connectivity index (χ1v) is 6.62. The third-order valence-electron chi connectivity index (χ3n) is 3.29. The molecule has 0 spiro atoms. The number of methoxy groups -OCH3 is 1. The van der Waals surface area contributed by atoms with Crippen molar-refractivity contribution in [2.75, 3.05) is 7.11 Å². The lowest BCUT2D eigenvalue weighted by Gasteiger charge is -2.15. The Hall–Kier alpha value is -1.80. The van der Waals surface area contributed by atoms with Gasteiger partial charge in [0.25, 0.3) is 0 Å². The van der Waals surface area contributed by atoms with E-state index in [1.165, 1.54) is 16.7 Å². The molecule has 0 aliphatic carbocycles. The first-order valence-electron chi connectivity index (χ1n) is 6.62. The van der Waals surface area contributed by atoms with Crippen LogP contribution in [0.4, 0.5) is 0 Å².